The molecule has 0 bridgehead atoms. The normalized spacial score (nSPS) is 13.5. The second-order valence-electron chi connectivity index (χ2n) is 5.84. The summed E-state index contributed by atoms with van der Waals surface area (Å²) in [4.78, 5) is 5.79. The predicted molar refractivity (Wildman–Crippen MR) is 98.3 cm³/mol. The first-order valence-electron chi connectivity index (χ1n) is 8.34. The maximum atomic E-state index is 5.83. The molecule has 0 radical (unpaired) electrons. The van der Waals surface area contributed by atoms with Crippen LogP contribution in [-0.2, 0) is 5.75 Å². The molecule has 128 valence electrons. The molecule has 0 N–H and O–H groups in total. The van der Waals surface area contributed by atoms with Crippen molar-refractivity contribution in [3.63, 3.8) is 0 Å². The summed E-state index contributed by atoms with van der Waals surface area (Å²) < 4.78 is 17.3. The SMILES string of the molecule is Cc1oc(-c2ccccc2)nc1CSc1ccc2c(c1)OCCCO2. The highest BCUT2D eigenvalue weighted by Crippen LogP contribution is 2.35. The summed E-state index contributed by atoms with van der Waals surface area (Å²) in [5.41, 5.74) is 1.97. The van der Waals surface area contributed by atoms with E-state index in [9.17, 15) is 0 Å². The summed E-state index contributed by atoms with van der Waals surface area (Å²) in [5, 5.41) is 0. The molecule has 5 heteroatoms. The van der Waals surface area contributed by atoms with E-state index in [0.717, 1.165) is 45.6 Å². The Labute approximate surface area is 151 Å². The van der Waals surface area contributed by atoms with E-state index in [-0.39, 0.29) is 0 Å². The van der Waals surface area contributed by atoms with Gasteiger partial charge in [0, 0.05) is 22.6 Å². The van der Waals surface area contributed by atoms with Gasteiger partial charge in [-0.3, -0.25) is 0 Å². The van der Waals surface area contributed by atoms with Crippen LogP contribution < -0.4 is 9.47 Å². The molecule has 1 aliphatic heterocycles. The first-order valence-corrected chi connectivity index (χ1v) is 9.32. The van der Waals surface area contributed by atoms with Crippen LogP contribution in [0, 0.1) is 6.92 Å². The Morgan fingerprint density at radius 2 is 1.80 bits per heavy atom. The fraction of sp³-hybridized carbons (Fsp3) is 0.250. The van der Waals surface area contributed by atoms with Crippen LogP contribution in [0.2, 0.25) is 0 Å². The lowest BCUT2D eigenvalue weighted by Gasteiger charge is -2.08. The molecule has 0 amide bonds. The van der Waals surface area contributed by atoms with Crippen LogP contribution in [0.3, 0.4) is 0 Å². The summed E-state index contributed by atoms with van der Waals surface area (Å²) in [6.07, 6.45) is 0.914. The van der Waals surface area contributed by atoms with E-state index in [1.807, 2.05) is 49.4 Å². The molecule has 0 saturated heterocycles. The van der Waals surface area contributed by atoms with E-state index in [1.165, 1.54) is 0 Å². The number of fused-ring (bicyclic) bond motifs is 1. The van der Waals surface area contributed by atoms with Crippen LogP contribution >= 0.6 is 11.8 Å². The Kier molecular flexibility index (Phi) is 4.65. The smallest absolute Gasteiger partial charge is 0.226 e. The Bertz CT molecular complexity index is 861. The second kappa shape index (κ2) is 7.23. The van der Waals surface area contributed by atoms with Crippen molar-refractivity contribution in [1.29, 1.82) is 0 Å². The van der Waals surface area contributed by atoms with E-state index >= 15 is 0 Å². The number of hydrogen-bond donors (Lipinski definition) is 0. The number of rotatable bonds is 4. The molecular weight excluding hydrogens is 334 g/mol. The van der Waals surface area contributed by atoms with Crippen molar-refractivity contribution in [2.45, 2.75) is 24.0 Å². The zero-order valence-electron chi connectivity index (χ0n) is 14.0. The van der Waals surface area contributed by atoms with Crippen LogP contribution in [0.1, 0.15) is 17.9 Å². The number of nitrogens with zero attached hydrogens (tertiary/aromatic N) is 1. The molecule has 4 nitrogen and oxygen atoms in total. The van der Waals surface area contributed by atoms with Gasteiger partial charge in [-0.1, -0.05) is 18.2 Å². The molecule has 2 heterocycles. The Hall–Kier alpha value is -2.40. The molecule has 3 aromatic rings. The molecule has 0 atom stereocenters. The lowest BCUT2D eigenvalue weighted by molar-refractivity contribution is 0.297. The van der Waals surface area contributed by atoms with E-state index < -0.39 is 0 Å². The predicted octanol–water partition coefficient (Wildman–Crippen LogP) is 5.10. The highest BCUT2D eigenvalue weighted by atomic mass is 32.2. The van der Waals surface area contributed by atoms with E-state index in [4.69, 9.17) is 13.9 Å². The lowest BCUT2D eigenvalue weighted by Crippen LogP contribution is -1.97. The third-order valence-corrected chi connectivity index (χ3v) is 5.01. The molecule has 1 aromatic heterocycles. The third kappa shape index (κ3) is 3.66. The highest BCUT2D eigenvalue weighted by Gasteiger charge is 2.14. The average Bonchev–Trinajstić information content (AvgIpc) is 2.87. The van der Waals surface area contributed by atoms with Crippen molar-refractivity contribution < 1.29 is 13.9 Å². The Morgan fingerprint density at radius 3 is 2.64 bits per heavy atom. The van der Waals surface area contributed by atoms with Crippen molar-refractivity contribution in [2.24, 2.45) is 0 Å². The number of thioether (sulfide) groups is 1. The number of aromatic nitrogens is 1. The maximum absolute atomic E-state index is 5.83. The number of hydrogen-bond acceptors (Lipinski definition) is 5. The summed E-state index contributed by atoms with van der Waals surface area (Å²) >= 11 is 1.72. The van der Waals surface area contributed by atoms with E-state index in [1.54, 1.807) is 11.8 Å². The molecule has 0 aliphatic carbocycles. The maximum Gasteiger partial charge on any atom is 0.226 e. The fourth-order valence-electron chi connectivity index (χ4n) is 2.65. The fourth-order valence-corrected chi connectivity index (χ4v) is 3.58. The van der Waals surface area contributed by atoms with Crippen LogP contribution in [0.15, 0.2) is 57.8 Å². The van der Waals surface area contributed by atoms with Gasteiger partial charge in [0.05, 0.1) is 18.9 Å². The van der Waals surface area contributed by atoms with Gasteiger partial charge in [-0.15, -0.1) is 11.8 Å². The Morgan fingerprint density at radius 1 is 1.00 bits per heavy atom. The van der Waals surface area contributed by atoms with Crippen molar-refractivity contribution >= 4 is 11.8 Å². The van der Waals surface area contributed by atoms with Crippen LogP contribution in [-0.4, -0.2) is 18.2 Å². The van der Waals surface area contributed by atoms with Crippen LogP contribution in [0.5, 0.6) is 11.5 Å². The quantitative estimate of drug-likeness (QED) is 0.610. The summed E-state index contributed by atoms with van der Waals surface area (Å²) in [5.74, 6) is 3.94. The van der Waals surface area contributed by atoms with E-state index in [0.29, 0.717) is 19.1 Å². The lowest BCUT2D eigenvalue weighted by atomic mass is 10.2. The highest BCUT2D eigenvalue weighted by molar-refractivity contribution is 7.98. The van der Waals surface area contributed by atoms with Gasteiger partial charge in [0.15, 0.2) is 11.5 Å². The van der Waals surface area contributed by atoms with Crippen molar-refractivity contribution in [3.05, 3.63) is 60.0 Å². The minimum atomic E-state index is 0.673. The molecule has 2 aromatic carbocycles. The van der Waals surface area contributed by atoms with Gasteiger partial charge in [0.25, 0.3) is 0 Å². The van der Waals surface area contributed by atoms with Gasteiger partial charge in [0.1, 0.15) is 5.76 Å². The van der Waals surface area contributed by atoms with Crippen molar-refractivity contribution in [1.82, 2.24) is 4.98 Å². The molecular formula is C20H19NO3S. The number of aryl methyl sites for hydroxylation is 1. The number of ether oxygens (including phenoxy) is 2. The van der Waals surface area contributed by atoms with Gasteiger partial charge in [-0.25, -0.2) is 4.98 Å². The zero-order valence-corrected chi connectivity index (χ0v) is 14.8. The largest absolute Gasteiger partial charge is 0.490 e. The zero-order chi connectivity index (χ0) is 17.1. The molecule has 4 rings (SSSR count). The van der Waals surface area contributed by atoms with Gasteiger partial charge < -0.3 is 13.9 Å². The monoisotopic (exact) mass is 353 g/mol. The van der Waals surface area contributed by atoms with Gasteiger partial charge >= 0.3 is 0 Å². The van der Waals surface area contributed by atoms with E-state index in [2.05, 4.69) is 11.1 Å². The minimum Gasteiger partial charge on any atom is -0.490 e. The minimum absolute atomic E-state index is 0.673. The van der Waals surface area contributed by atoms with Crippen molar-refractivity contribution in [2.75, 3.05) is 13.2 Å². The number of benzene rings is 2. The molecule has 0 fully saturated rings. The molecule has 25 heavy (non-hydrogen) atoms. The summed E-state index contributed by atoms with van der Waals surface area (Å²) in [6.45, 7) is 3.37. The molecule has 0 unspecified atom stereocenters. The van der Waals surface area contributed by atoms with Gasteiger partial charge in [-0.2, -0.15) is 0 Å². The van der Waals surface area contributed by atoms with Gasteiger partial charge in [-0.05, 0) is 37.3 Å². The molecule has 0 saturated carbocycles. The van der Waals surface area contributed by atoms with Crippen molar-refractivity contribution in [3.8, 4) is 23.0 Å². The Balaban J connectivity index is 1.48. The second-order valence-corrected chi connectivity index (χ2v) is 6.88. The molecule has 0 spiro atoms. The average molecular weight is 353 g/mol. The first kappa shape index (κ1) is 16.1. The summed E-state index contributed by atoms with van der Waals surface area (Å²) in [6, 6.07) is 16.1. The third-order valence-electron chi connectivity index (χ3n) is 4.01. The van der Waals surface area contributed by atoms with Gasteiger partial charge in [0.2, 0.25) is 5.89 Å². The summed E-state index contributed by atoms with van der Waals surface area (Å²) in [7, 11) is 0. The van der Waals surface area contributed by atoms with Crippen LogP contribution in [0.25, 0.3) is 11.5 Å². The molecule has 1 aliphatic rings. The first-order chi connectivity index (χ1) is 12.3. The van der Waals surface area contributed by atoms with Crippen LogP contribution in [0.4, 0.5) is 0 Å². The standard InChI is InChI=1S/C20H19NO3S/c1-14-17(21-20(24-14)15-6-3-2-4-7-15)13-25-16-8-9-18-19(12-16)23-11-5-10-22-18/h2-4,6-9,12H,5,10-11,13H2,1H3. The topological polar surface area (TPSA) is 44.5 Å². The number of oxazole rings is 1.